The molecule has 2 unspecified atom stereocenters. The molecule has 1 heterocycles. The number of nitrogens with zero attached hydrogens (tertiary/aromatic N) is 1. The van der Waals surface area contributed by atoms with Gasteiger partial charge in [-0.05, 0) is 38.3 Å². The summed E-state index contributed by atoms with van der Waals surface area (Å²) in [6, 6.07) is 3.93. The first-order valence-electron chi connectivity index (χ1n) is 8.68. The van der Waals surface area contributed by atoms with Gasteiger partial charge in [0.2, 0.25) is 5.91 Å². The van der Waals surface area contributed by atoms with Gasteiger partial charge in [0.15, 0.2) is 11.6 Å². The normalized spacial score (nSPS) is 18.4. The van der Waals surface area contributed by atoms with Gasteiger partial charge in [-0.2, -0.15) is 0 Å². The maximum absolute atomic E-state index is 13.3. The summed E-state index contributed by atoms with van der Waals surface area (Å²) in [7, 11) is 0. The van der Waals surface area contributed by atoms with Crippen LogP contribution in [0, 0.1) is 17.6 Å². The van der Waals surface area contributed by atoms with E-state index in [0.717, 1.165) is 19.0 Å². The molecule has 1 aromatic carbocycles. The van der Waals surface area contributed by atoms with E-state index in [4.69, 9.17) is 9.47 Å². The predicted octanol–water partition coefficient (Wildman–Crippen LogP) is 2.35. The second-order valence-electron chi connectivity index (χ2n) is 6.15. The summed E-state index contributed by atoms with van der Waals surface area (Å²) in [6.45, 7) is 7.09. The quantitative estimate of drug-likeness (QED) is 0.690. The number of rotatable bonds is 9. The van der Waals surface area contributed by atoms with Crippen LogP contribution in [-0.4, -0.2) is 51.5 Å². The van der Waals surface area contributed by atoms with Crippen LogP contribution >= 0.6 is 0 Å². The molecule has 0 saturated carbocycles. The summed E-state index contributed by atoms with van der Waals surface area (Å²) in [6.07, 6.45) is 0.364. The lowest BCUT2D eigenvalue weighted by atomic mass is 10.1. The molecule has 1 fully saturated rings. The van der Waals surface area contributed by atoms with Gasteiger partial charge < -0.3 is 19.7 Å². The average molecular weight is 356 g/mol. The molecular formula is C18H26F2N2O3. The van der Waals surface area contributed by atoms with Crippen LogP contribution in [0.15, 0.2) is 18.2 Å². The van der Waals surface area contributed by atoms with Crippen molar-refractivity contribution in [3.8, 4) is 0 Å². The van der Waals surface area contributed by atoms with E-state index in [1.54, 1.807) is 13.0 Å². The van der Waals surface area contributed by atoms with E-state index in [1.807, 2.05) is 11.8 Å². The van der Waals surface area contributed by atoms with E-state index in [9.17, 15) is 13.6 Å². The van der Waals surface area contributed by atoms with Gasteiger partial charge in [-0.1, -0.05) is 0 Å². The van der Waals surface area contributed by atoms with Gasteiger partial charge in [0, 0.05) is 38.0 Å². The number of anilines is 1. The lowest BCUT2D eigenvalue weighted by Crippen LogP contribution is -2.38. The molecular weight excluding hydrogens is 330 g/mol. The molecule has 0 spiro atoms. The Bertz CT molecular complexity index is 571. The third-order valence-corrected chi connectivity index (χ3v) is 4.29. The highest BCUT2D eigenvalue weighted by Gasteiger charge is 2.24. The zero-order valence-corrected chi connectivity index (χ0v) is 14.8. The molecule has 0 bridgehead atoms. The number of carbonyl (C=O) groups is 1. The molecule has 7 heteroatoms. The molecule has 1 saturated heterocycles. The zero-order valence-electron chi connectivity index (χ0n) is 14.8. The Morgan fingerprint density at radius 1 is 1.36 bits per heavy atom. The Balaban J connectivity index is 1.71. The number of nitrogens with one attached hydrogen (secondary N) is 1. The number of amides is 1. The first-order chi connectivity index (χ1) is 12.0. The lowest BCUT2D eigenvalue weighted by molar-refractivity contribution is -0.132. The Hall–Kier alpha value is -1.73. The molecule has 0 radical (unpaired) electrons. The van der Waals surface area contributed by atoms with Crippen molar-refractivity contribution < 1.29 is 23.0 Å². The SMILES string of the molecule is CCOCCOC(C)C(=O)NCC1CCN(c2ccc(F)c(F)c2)C1. The Labute approximate surface area is 147 Å². The van der Waals surface area contributed by atoms with Crippen LogP contribution in [0.5, 0.6) is 0 Å². The average Bonchev–Trinajstić information content (AvgIpc) is 3.07. The molecule has 0 aliphatic carbocycles. The van der Waals surface area contributed by atoms with Crippen molar-refractivity contribution >= 4 is 11.6 Å². The topological polar surface area (TPSA) is 50.8 Å². The largest absolute Gasteiger partial charge is 0.379 e. The van der Waals surface area contributed by atoms with Crippen LogP contribution in [-0.2, 0) is 14.3 Å². The van der Waals surface area contributed by atoms with E-state index in [1.165, 1.54) is 6.07 Å². The monoisotopic (exact) mass is 356 g/mol. The minimum absolute atomic E-state index is 0.150. The van der Waals surface area contributed by atoms with Crippen LogP contribution < -0.4 is 10.2 Å². The molecule has 140 valence electrons. The Morgan fingerprint density at radius 3 is 2.88 bits per heavy atom. The maximum atomic E-state index is 13.3. The van der Waals surface area contributed by atoms with Gasteiger partial charge in [-0.3, -0.25) is 4.79 Å². The third kappa shape index (κ3) is 5.93. The summed E-state index contributed by atoms with van der Waals surface area (Å²) in [5, 5.41) is 2.89. The van der Waals surface area contributed by atoms with Gasteiger partial charge in [0.25, 0.3) is 0 Å². The smallest absolute Gasteiger partial charge is 0.248 e. The number of hydrogen-bond donors (Lipinski definition) is 1. The van der Waals surface area contributed by atoms with Crippen LogP contribution in [0.4, 0.5) is 14.5 Å². The fourth-order valence-electron chi connectivity index (χ4n) is 2.81. The van der Waals surface area contributed by atoms with Crippen molar-refractivity contribution in [1.82, 2.24) is 5.32 Å². The Morgan fingerprint density at radius 2 is 2.16 bits per heavy atom. The summed E-state index contributed by atoms with van der Waals surface area (Å²) in [4.78, 5) is 14.0. The highest BCUT2D eigenvalue weighted by atomic mass is 19.2. The molecule has 2 atom stereocenters. The van der Waals surface area contributed by atoms with Crippen molar-refractivity contribution in [2.24, 2.45) is 5.92 Å². The van der Waals surface area contributed by atoms with Gasteiger partial charge in [0.1, 0.15) is 6.10 Å². The molecule has 5 nitrogen and oxygen atoms in total. The first kappa shape index (κ1) is 19.6. The van der Waals surface area contributed by atoms with Crippen LogP contribution in [0.2, 0.25) is 0 Å². The Kier molecular flexibility index (Phi) is 7.58. The van der Waals surface area contributed by atoms with Crippen LogP contribution in [0.1, 0.15) is 20.3 Å². The van der Waals surface area contributed by atoms with E-state index >= 15 is 0 Å². The highest BCUT2D eigenvalue weighted by molar-refractivity contribution is 5.80. The fraction of sp³-hybridized carbons (Fsp3) is 0.611. The molecule has 1 aliphatic rings. The molecule has 2 rings (SSSR count). The molecule has 1 amide bonds. The number of ether oxygens (including phenoxy) is 2. The number of halogens is 2. The van der Waals surface area contributed by atoms with Gasteiger partial charge in [-0.25, -0.2) is 8.78 Å². The van der Waals surface area contributed by atoms with Crippen molar-refractivity contribution in [2.45, 2.75) is 26.4 Å². The standard InChI is InChI=1S/C18H26F2N2O3/c1-3-24-8-9-25-13(2)18(23)21-11-14-6-7-22(12-14)15-4-5-16(19)17(20)10-15/h4-5,10,13-14H,3,6-9,11-12H2,1-2H3,(H,21,23). The number of hydrogen-bond acceptors (Lipinski definition) is 4. The number of benzene rings is 1. The maximum Gasteiger partial charge on any atom is 0.248 e. The summed E-state index contributed by atoms with van der Waals surface area (Å²) >= 11 is 0. The first-order valence-corrected chi connectivity index (χ1v) is 8.68. The second-order valence-corrected chi connectivity index (χ2v) is 6.15. The van der Waals surface area contributed by atoms with Crippen LogP contribution in [0.3, 0.4) is 0 Å². The third-order valence-electron chi connectivity index (χ3n) is 4.29. The van der Waals surface area contributed by atoms with Gasteiger partial charge >= 0.3 is 0 Å². The van der Waals surface area contributed by atoms with E-state index in [-0.39, 0.29) is 11.8 Å². The van der Waals surface area contributed by atoms with Crippen LogP contribution in [0.25, 0.3) is 0 Å². The van der Waals surface area contributed by atoms with Gasteiger partial charge in [-0.15, -0.1) is 0 Å². The van der Waals surface area contributed by atoms with Crippen molar-refractivity contribution in [1.29, 1.82) is 0 Å². The summed E-state index contributed by atoms with van der Waals surface area (Å²) < 4.78 is 36.9. The minimum atomic E-state index is -0.843. The van der Waals surface area contributed by atoms with Crippen molar-refractivity contribution in [2.75, 3.05) is 44.4 Å². The fourth-order valence-corrected chi connectivity index (χ4v) is 2.81. The number of carbonyl (C=O) groups excluding carboxylic acids is 1. The van der Waals surface area contributed by atoms with Crippen molar-refractivity contribution in [3.05, 3.63) is 29.8 Å². The van der Waals surface area contributed by atoms with E-state index < -0.39 is 17.7 Å². The van der Waals surface area contributed by atoms with E-state index in [0.29, 0.717) is 38.6 Å². The molecule has 1 aliphatic heterocycles. The predicted molar refractivity (Wildman–Crippen MR) is 91.6 cm³/mol. The summed E-state index contributed by atoms with van der Waals surface area (Å²) in [5.74, 6) is -1.56. The molecule has 25 heavy (non-hydrogen) atoms. The zero-order chi connectivity index (χ0) is 18.2. The van der Waals surface area contributed by atoms with Gasteiger partial charge in [0.05, 0.1) is 13.2 Å². The lowest BCUT2D eigenvalue weighted by Gasteiger charge is -2.19. The molecule has 1 aromatic rings. The minimum Gasteiger partial charge on any atom is -0.379 e. The summed E-state index contributed by atoms with van der Waals surface area (Å²) in [5.41, 5.74) is 0.667. The molecule has 0 aromatic heterocycles. The second kappa shape index (κ2) is 9.68. The van der Waals surface area contributed by atoms with Crippen molar-refractivity contribution in [3.63, 3.8) is 0 Å². The molecule has 1 N–H and O–H groups in total. The van der Waals surface area contributed by atoms with E-state index in [2.05, 4.69) is 5.32 Å². The highest BCUT2D eigenvalue weighted by Crippen LogP contribution is 2.25.